The molecule has 1 aromatic carbocycles. The number of hydrogen-bond acceptors (Lipinski definition) is 7. The van der Waals surface area contributed by atoms with E-state index >= 15 is 0 Å². The average Bonchev–Trinajstić information content (AvgIpc) is 2.79. The summed E-state index contributed by atoms with van der Waals surface area (Å²) in [5.74, 6) is 1.51. The molecule has 1 aliphatic heterocycles. The van der Waals surface area contributed by atoms with Crippen LogP contribution >= 0.6 is 11.6 Å². The maximum Gasteiger partial charge on any atom is 0.257 e. The van der Waals surface area contributed by atoms with Crippen molar-refractivity contribution >= 4 is 40.8 Å². The molecule has 3 aromatic rings. The molecular formula is C24H27ClN6O2. The Kier molecular flexibility index (Phi) is 7.36. The maximum atomic E-state index is 12.8. The van der Waals surface area contributed by atoms with Gasteiger partial charge in [0.1, 0.15) is 11.6 Å². The van der Waals surface area contributed by atoms with E-state index < -0.39 is 0 Å². The predicted octanol–water partition coefficient (Wildman–Crippen LogP) is 4.98. The normalized spacial score (nSPS) is 14.0. The van der Waals surface area contributed by atoms with Crippen molar-refractivity contribution in [2.45, 2.75) is 39.2 Å². The summed E-state index contributed by atoms with van der Waals surface area (Å²) < 4.78 is 5.43. The van der Waals surface area contributed by atoms with Crippen LogP contribution in [0.2, 0.25) is 5.02 Å². The van der Waals surface area contributed by atoms with Gasteiger partial charge in [-0.2, -0.15) is 4.98 Å². The summed E-state index contributed by atoms with van der Waals surface area (Å²) in [7, 11) is 0. The molecular weight excluding hydrogens is 440 g/mol. The summed E-state index contributed by atoms with van der Waals surface area (Å²) in [5, 5.41) is 9.95. The van der Waals surface area contributed by atoms with E-state index in [0.29, 0.717) is 39.9 Å². The summed E-state index contributed by atoms with van der Waals surface area (Å²) in [6, 6.07) is 11.1. The van der Waals surface area contributed by atoms with Crippen molar-refractivity contribution in [3.63, 3.8) is 0 Å². The molecule has 33 heavy (non-hydrogen) atoms. The fourth-order valence-corrected chi connectivity index (χ4v) is 3.96. The smallest absolute Gasteiger partial charge is 0.257 e. The number of hydrogen-bond donors (Lipinski definition) is 3. The molecule has 0 spiro atoms. The zero-order valence-corrected chi connectivity index (χ0v) is 19.4. The highest BCUT2D eigenvalue weighted by Gasteiger charge is 2.16. The van der Waals surface area contributed by atoms with E-state index in [0.717, 1.165) is 43.7 Å². The fourth-order valence-electron chi connectivity index (χ4n) is 3.65. The number of ether oxygens (including phenoxy) is 1. The minimum atomic E-state index is -0.270. The number of carbonyl (C=O) groups excluding carboxylic acids is 1. The minimum absolute atomic E-state index is 0.270. The van der Waals surface area contributed by atoms with E-state index in [1.807, 2.05) is 25.1 Å². The lowest BCUT2D eigenvalue weighted by molar-refractivity contribution is 0.0903. The highest BCUT2D eigenvalue weighted by Crippen LogP contribution is 2.23. The topological polar surface area (TPSA) is 101 Å². The van der Waals surface area contributed by atoms with Crippen LogP contribution < -0.4 is 16.0 Å². The number of pyridine rings is 1. The molecule has 1 amide bonds. The van der Waals surface area contributed by atoms with Crippen molar-refractivity contribution in [3.8, 4) is 0 Å². The third kappa shape index (κ3) is 5.97. The van der Waals surface area contributed by atoms with Gasteiger partial charge in [-0.1, -0.05) is 30.7 Å². The number of halogens is 1. The van der Waals surface area contributed by atoms with Crippen molar-refractivity contribution in [1.82, 2.24) is 15.0 Å². The lowest BCUT2D eigenvalue weighted by Crippen LogP contribution is -2.28. The Morgan fingerprint density at radius 1 is 1.15 bits per heavy atom. The van der Waals surface area contributed by atoms with E-state index in [1.165, 1.54) is 0 Å². The maximum absolute atomic E-state index is 12.8. The zero-order valence-electron chi connectivity index (χ0n) is 18.7. The van der Waals surface area contributed by atoms with Gasteiger partial charge in [-0.25, -0.2) is 9.97 Å². The van der Waals surface area contributed by atoms with Crippen LogP contribution in [0.4, 0.5) is 23.3 Å². The Bertz CT molecular complexity index is 1110. The molecule has 3 heterocycles. The summed E-state index contributed by atoms with van der Waals surface area (Å²) >= 11 is 6.23. The number of aromatic nitrogens is 3. The molecule has 0 aliphatic carbocycles. The number of nitrogens with one attached hydrogen (secondary N) is 3. The molecule has 1 fully saturated rings. The monoisotopic (exact) mass is 466 g/mol. The largest absolute Gasteiger partial charge is 0.381 e. The second-order valence-electron chi connectivity index (χ2n) is 7.89. The Hall–Kier alpha value is -3.23. The second-order valence-corrected chi connectivity index (χ2v) is 8.30. The number of aryl methyl sites for hydroxylation is 2. The molecule has 3 N–H and O–H groups in total. The van der Waals surface area contributed by atoms with Crippen molar-refractivity contribution in [3.05, 3.63) is 64.4 Å². The second kappa shape index (κ2) is 10.6. The van der Waals surface area contributed by atoms with Crippen LogP contribution in [0.5, 0.6) is 0 Å². The summed E-state index contributed by atoms with van der Waals surface area (Å²) in [5.41, 5.74) is 2.78. The first-order valence-electron chi connectivity index (χ1n) is 11.0. The first-order valence-corrected chi connectivity index (χ1v) is 11.4. The Morgan fingerprint density at radius 3 is 2.73 bits per heavy atom. The molecule has 0 bridgehead atoms. The molecule has 8 nitrogen and oxygen atoms in total. The van der Waals surface area contributed by atoms with Gasteiger partial charge in [0.2, 0.25) is 5.95 Å². The SMILES string of the molecule is CCc1cc(Nc2cc(NC(=O)c3c(C)cccc3Cl)ccn2)nc(NC2CCOCC2)n1. The number of benzene rings is 1. The molecule has 0 saturated carbocycles. The summed E-state index contributed by atoms with van der Waals surface area (Å²) in [6.07, 6.45) is 4.26. The van der Waals surface area contributed by atoms with E-state index in [9.17, 15) is 4.79 Å². The van der Waals surface area contributed by atoms with Crippen LogP contribution in [0, 0.1) is 6.92 Å². The first kappa shape index (κ1) is 22.9. The van der Waals surface area contributed by atoms with Crippen LogP contribution in [0.3, 0.4) is 0 Å². The third-order valence-corrected chi connectivity index (χ3v) is 5.73. The van der Waals surface area contributed by atoms with E-state index in [1.54, 1.807) is 24.4 Å². The van der Waals surface area contributed by atoms with Crippen LogP contribution in [0.25, 0.3) is 0 Å². The van der Waals surface area contributed by atoms with Gasteiger partial charge in [-0.05, 0) is 43.9 Å². The highest BCUT2D eigenvalue weighted by molar-refractivity contribution is 6.34. The standard InChI is InChI=1S/C24H27ClN6O2/c1-3-16-13-21(31-24(28-16)29-17-8-11-33-12-9-17)30-20-14-18(7-10-26-20)27-23(32)22-15(2)5-4-6-19(22)25/h4-7,10,13-14,17H,3,8-9,11-12H2,1-2H3,(H3,26,27,28,29,30,31,32). The lowest BCUT2D eigenvalue weighted by atomic mass is 10.1. The molecule has 9 heteroatoms. The molecule has 1 saturated heterocycles. The van der Waals surface area contributed by atoms with E-state index in [4.69, 9.17) is 16.3 Å². The molecule has 0 radical (unpaired) electrons. The van der Waals surface area contributed by atoms with Crippen LogP contribution in [-0.2, 0) is 11.2 Å². The van der Waals surface area contributed by atoms with Gasteiger partial charge in [0, 0.05) is 49.0 Å². The fraction of sp³-hybridized carbons (Fsp3) is 0.333. The van der Waals surface area contributed by atoms with E-state index in [-0.39, 0.29) is 5.91 Å². The van der Waals surface area contributed by atoms with Crippen molar-refractivity contribution in [1.29, 1.82) is 0 Å². The number of rotatable bonds is 7. The highest BCUT2D eigenvalue weighted by atomic mass is 35.5. The molecule has 0 unspecified atom stereocenters. The van der Waals surface area contributed by atoms with Gasteiger partial charge in [0.05, 0.1) is 10.6 Å². The average molecular weight is 467 g/mol. The number of nitrogens with zero attached hydrogens (tertiary/aromatic N) is 3. The number of amides is 1. The molecule has 172 valence electrons. The summed E-state index contributed by atoms with van der Waals surface area (Å²) in [4.78, 5) is 26.3. The van der Waals surface area contributed by atoms with Gasteiger partial charge < -0.3 is 20.7 Å². The van der Waals surface area contributed by atoms with Crippen molar-refractivity contribution < 1.29 is 9.53 Å². The van der Waals surface area contributed by atoms with Gasteiger partial charge in [0.15, 0.2) is 0 Å². The zero-order chi connectivity index (χ0) is 23.2. The molecule has 2 aromatic heterocycles. The quantitative estimate of drug-likeness (QED) is 0.451. The molecule has 4 rings (SSSR count). The first-order chi connectivity index (χ1) is 16.0. The lowest BCUT2D eigenvalue weighted by Gasteiger charge is -2.23. The molecule has 0 atom stereocenters. The van der Waals surface area contributed by atoms with Crippen molar-refractivity contribution in [2.24, 2.45) is 0 Å². The predicted molar refractivity (Wildman–Crippen MR) is 131 cm³/mol. The van der Waals surface area contributed by atoms with Gasteiger partial charge >= 0.3 is 0 Å². The Labute approximate surface area is 198 Å². The van der Waals surface area contributed by atoms with Crippen LogP contribution in [0.15, 0.2) is 42.6 Å². The van der Waals surface area contributed by atoms with Crippen LogP contribution in [0.1, 0.15) is 41.4 Å². The number of carbonyl (C=O) groups is 1. The minimum Gasteiger partial charge on any atom is -0.381 e. The molecule has 1 aliphatic rings. The summed E-state index contributed by atoms with van der Waals surface area (Å²) in [6.45, 7) is 5.39. The van der Waals surface area contributed by atoms with E-state index in [2.05, 4.69) is 37.8 Å². The number of anilines is 4. The Morgan fingerprint density at radius 2 is 1.97 bits per heavy atom. The third-order valence-electron chi connectivity index (χ3n) is 5.42. The van der Waals surface area contributed by atoms with Gasteiger partial charge in [-0.15, -0.1) is 0 Å². The van der Waals surface area contributed by atoms with Gasteiger partial charge in [-0.3, -0.25) is 4.79 Å². The van der Waals surface area contributed by atoms with Crippen molar-refractivity contribution in [2.75, 3.05) is 29.2 Å². The Balaban J connectivity index is 1.49. The van der Waals surface area contributed by atoms with Gasteiger partial charge in [0.25, 0.3) is 5.91 Å². The van der Waals surface area contributed by atoms with Crippen LogP contribution in [-0.4, -0.2) is 40.1 Å².